The molecule has 3 rings (SSSR count). The van der Waals surface area contributed by atoms with Crippen LogP contribution in [0.3, 0.4) is 0 Å². The third-order valence-corrected chi connectivity index (χ3v) is 3.19. The smallest absolute Gasteiger partial charge is 0.270 e. The maximum Gasteiger partial charge on any atom is 0.270 e. The average Bonchev–Trinajstić information content (AvgIpc) is 2.99. The van der Waals surface area contributed by atoms with Crippen molar-refractivity contribution in [2.75, 3.05) is 5.73 Å². The molecular weight excluding hydrogens is 366 g/mol. The normalized spacial score (nSPS) is 12.1. The van der Waals surface area contributed by atoms with E-state index >= 15 is 0 Å². The minimum absolute atomic E-state index is 0.176. The van der Waals surface area contributed by atoms with Crippen LogP contribution < -0.4 is 10.5 Å². The lowest BCUT2D eigenvalue weighted by Gasteiger charge is -2.08. The van der Waals surface area contributed by atoms with Gasteiger partial charge in [0.2, 0.25) is 5.89 Å². The number of rotatable bonds is 4. The average molecular weight is 378 g/mol. The van der Waals surface area contributed by atoms with Crippen LogP contribution in [-0.4, -0.2) is 31.6 Å². The predicted octanol–water partition coefficient (Wildman–Crippen LogP) is 2.26. The van der Waals surface area contributed by atoms with Gasteiger partial charge in [0.1, 0.15) is 10.4 Å². The Balaban J connectivity index is 1.88. The Bertz CT molecular complexity index is 820. The van der Waals surface area contributed by atoms with Crippen molar-refractivity contribution < 1.29 is 14.3 Å². The molecule has 0 aliphatic heterocycles. The van der Waals surface area contributed by atoms with Crippen LogP contribution in [-0.2, 0) is 0 Å². The number of ether oxygens (including phenoxy) is 1. The number of nitrogens with zero attached hydrogens (tertiary/aromatic N) is 4. The maximum absolute atomic E-state index is 9.18. The molecule has 0 bridgehead atoms. The van der Waals surface area contributed by atoms with Crippen LogP contribution in [0, 0.1) is 0 Å². The molecule has 0 fully saturated rings. The van der Waals surface area contributed by atoms with Gasteiger partial charge in [-0.2, -0.15) is 0 Å². The van der Waals surface area contributed by atoms with Crippen LogP contribution >= 0.6 is 15.9 Å². The fraction of sp³-hybridized carbons (Fsp3) is 0.143. The highest BCUT2D eigenvalue weighted by Gasteiger charge is 2.15. The van der Waals surface area contributed by atoms with E-state index in [2.05, 4.69) is 36.1 Å². The summed E-state index contributed by atoms with van der Waals surface area (Å²) in [5, 5.41) is 17.1. The molecule has 8 nitrogen and oxygen atoms in total. The van der Waals surface area contributed by atoms with Gasteiger partial charge >= 0.3 is 0 Å². The van der Waals surface area contributed by atoms with Gasteiger partial charge in [0.05, 0.1) is 6.20 Å². The second-order valence-electron chi connectivity index (χ2n) is 4.58. The number of benzene rings is 1. The minimum Gasteiger partial charge on any atom is -0.465 e. The van der Waals surface area contributed by atoms with Gasteiger partial charge in [-0.1, -0.05) is 0 Å². The summed E-state index contributed by atoms with van der Waals surface area (Å²) in [6.07, 6.45) is 0.603. The molecule has 118 valence electrons. The SMILES string of the molecule is CC(O)Oc1ccc(-c2nnc(-c3nc(Br)cnc3N)o2)cc1. The summed E-state index contributed by atoms with van der Waals surface area (Å²) in [6.45, 7) is 1.53. The molecule has 2 heterocycles. The highest BCUT2D eigenvalue weighted by molar-refractivity contribution is 9.10. The number of nitrogen functional groups attached to an aromatic ring is 1. The minimum atomic E-state index is -0.881. The number of aromatic nitrogens is 4. The molecule has 1 atom stereocenters. The second kappa shape index (κ2) is 6.31. The number of hydrogen-bond donors (Lipinski definition) is 2. The summed E-state index contributed by atoms with van der Waals surface area (Å²) < 4.78 is 11.3. The summed E-state index contributed by atoms with van der Waals surface area (Å²) in [5.41, 5.74) is 6.78. The van der Waals surface area contributed by atoms with Gasteiger partial charge in [0, 0.05) is 5.56 Å². The standard InChI is InChI=1S/C14H12BrN5O3/c1-7(21)22-9-4-2-8(3-5-9)13-19-20-14(23-13)11-12(16)17-6-10(15)18-11/h2-7,21H,1H3,(H2,16,17). The number of halogens is 1. The van der Waals surface area contributed by atoms with Gasteiger partial charge in [-0.3, -0.25) is 0 Å². The highest BCUT2D eigenvalue weighted by Crippen LogP contribution is 2.27. The van der Waals surface area contributed by atoms with E-state index in [1.54, 1.807) is 24.3 Å². The first-order valence-electron chi connectivity index (χ1n) is 6.60. The zero-order valence-corrected chi connectivity index (χ0v) is 13.6. The van der Waals surface area contributed by atoms with Crippen LogP contribution in [0.5, 0.6) is 5.75 Å². The van der Waals surface area contributed by atoms with Crippen molar-refractivity contribution in [3.8, 4) is 28.8 Å². The molecule has 0 radical (unpaired) electrons. The van der Waals surface area contributed by atoms with Crippen molar-refractivity contribution in [3.05, 3.63) is 35.1 Å². The summed E-state index contributed by atoms with van der Waals surface area (Å²) >= 11 is 3.22. The van der Waals surface area contributed by atoms with Crippen molar-refractivity contribution >= 4 is 21.7 Å². The molecule has 0 aliphatic rings. The zero-order valence-electron chi connectivity index (χ0n) is 12.0. The quantitative estimate of drug-likeness (QED) is 0.664. The maximum atomic E-state index is 9.18. The van der Waals surface area contributed by atoms with Gasteiger partial charge in [0.25, 0.3) is 5.89 Å². The van der Waals surface area contributed by atoms with Gasteiger partial charge in [-0.15, -0.1) is 10.2 Å². The van der Waals surface area contributed by atoms with E-state index in [4.69, 9.17) is 14.9 Å². The molecule has 23 heavy (non-hydrogen) atoms. The van der Waals surface area contributed by atoms with Gasteiger partial charge in [-0.25, -0.2) is 9.97 Å². The van der Waals surface area contributed by atoms with Gasteiger partial charge in [-0.05, 0) is 47.1 Å². The van der Waals surface area contributed by atoms with E-state index in [9.17, 15) is 5.11 Å². The number of aliphatic hydroxyl groups is 1. The largest absolute Gasteiger partial charge is 0.465 e. The van der Waals surface area contributed by atoms with Crippen molar-refractivity contribution in [3.63, 3.8) is 0 Å². The molecule has 1 aromatic carbocycles. The summed E-state index contributed by atoms with van der Waals surface area (Å²) in [6, 6.07) is 6.87. The van der Waals surface area contributed by atoms with E-state index in [-0.39, 0.29) is 11.7 Å². The first kappa shape index (κ1) is 15.4. The third-order valence-electron chi connectivity index (χ3n) is 2.81. The molecule has 3 N–H and O–H groups in total. The molecule has 0 amide bonds. The van der Waals surface area contributed by atoms with Crippen LogP contribution in [0.2, 0.25) is 0 Å². The molecule has 3 aromatic rings. The number of anilines is 1. The van der Waals surface area contributed by atoms with Crippen LogP contribution in [0.15, 0.2) is 39.5 Å². The third kappa shape index (κ3) is 3.46. The van der Waals surface area contributed by atoms with E-state index in [0.29, 0.717) is 27.5 Å². The molecule has 0 saturated carbocycles. The van der Waals surface area contributed by atoms with Crippen molar-refractivity contribution in [2.45, 2.75) is 13.2 Å². The summed E-state index contributed by atoms with van der Waals surface area (Å²) in [4.78, 5) is 8.16. The van der Waals surface area contributed by atoms with E-state index in [1.807, 2.05) is 0 Å². The van der Waals surface area contributed by atoms with Crippen molar-refractivity contribution in [1.29, 1.82) is 0 Å². The first-order valence-corrected chi connectivity index (χ1v) is 7.39. The Morgan fingerprint density at radius 2 is 1.91 bits per heavy atom. The van der Waals surface area contributed by atoms with Crippen LogP contribution in [0.4, 0.5) is 5.82 Å². The Kier molecular flexibility index (Phi) is 4.22. The molecule has 1 unspecified atom stereocenters. The Hall–Kier alpha value is -2.52. The van der Waals surface area contributed by atoms with Gasteiger partial charge in [0.15, 0.2) is 17.8 Å². The predicted molar refractivity (Wildman–Crippen MR) is 85.2 cm³/mol. The summed E-state index contributed by atoms with van der Waals surface area (Å²) in [5.74, 6) is 1.22. The second-order valence-corrected chi connectivity index (χ2v) is 5.39. The monoisotopic (exact) mass is 377 g/mol. The Morgan fingerprint density at radius 1 is 1.22 bits per heavy atom. The molecule has 0 aliphatic carbocycles. The fourth-order valence-corrected chi connectivity index (χ4v) is 2.12. The van der Waals surface area contributed by atoms with Crippen LogP contribution in [0.1, 0.15) is 6.92 Å². The lowest BCUT2D eigenvalue weighted by Crippen LogP contribution is -2.09. The van der Waals surface area contributed by atoms with E-state index in [1.165, 1.54) is 13.1 Å². The van der Waals surface area contributed by atoms with E-state index in [0.717, 1.165) is 0 Å². The fourth-order valence-electron chi connectivity index (χ4n) is 1.84. The first-order chi connectivity index (χ1) is 11.0. The summed E-state index contributed by atoms with van der Waals surface area (Å²) in [7, 11) is 0. The molecule has 0 spiro atoms. The lowest BCUT2D eigenvalue weighted by molar-refractivity contribution is -0.000282. The van der Waals surface area contributed by atoms with E-state index < -0.39 is 6.29 Å². The highest BCUT2D eigenvalue weighted by atomic mass is 79.9. The molecule has 0 saturated heterocycles. The lowest BCUT2D eigenvalue weighted by atomic mass is 10.2. The van der Waals surface area contributed by atoms with Crippen molar-refractivity contribution in [2.24, 2.45) is 0 Å². The molecule has 9 heteroatoms. The number of aliphatic hydroxyl groups excluding tert-OH is 1. The molecule has 2 aromatic heterocycles. The zero-order chi connectivity index (χ0) is 16.4. The van der Waals surface area contributed by atoms with Gasteiger partial charge < -0.3 is 20.0 Å². The Morgan fingerprint density at radius 3 is 2.61 bits per heavy atom. The topological polar surface area (TPSA) is 120 Å². The van der Waals surface area contributed by atoms with Crippen LogP contribution in [0.25, 0.3) is 23.0 Å². The Labute approximate surface area is 139 Å². The molecular formula is C14H12BrN5O3. The number of hydrogen-bond acceptors (Lipinski definition) is 8. The van der Waals surface area contributed by atoms with Crippen molar-refractivity contribution in [1.82, 2.24) is 20.2 Å². The number of nitrogens with two attached hydrogens (primary N) is 1.